The molecule has 1 amide bonds. The number of fused-ring (bicyclic) bond motifs is 1. The van der Waals surface area contributed by atoms with Crippen LogP contribution in [-0.4, -0.2) is 37.2 Å². The molecular weight excluding hydrogens is 319 g/mol. The molecule has 0 saturated carbocycles. The number of amides is 1. The molecule has 3 rings (SSSR count). The first-order chi connectivity index (χ1) is 12.1. The van der Waals surface area contributed by atoms with E-state index in [2.05, 4.69) is 0 Å². The van der Waals surface area contributed by atoms with Gasteiger partial charge in [-0.25, -0.2) is 4.39 Å². The van der Waals surface area contributed by atoms with E-state index in [4.69, 9.17) is 10.5 Å². The maximum Gasteiger partial charge on any atom is 0.254 e. The monoisotopic (exact) mass is 342 g/mol. The predicted molar refractivity (Wildman–Crippen MR) is 95.0 cm³/mol. The van der Waals surface area contributed by atoms with E-state index < -0.39 is 12.7 Å². The van der Waals surface area contributed by atoms with Crippen LogP contribution in [0.1, 0.15) is 33.0 Å². The summed E-state index contributed by atoms with van der Waals surface area (Å²) < 4.78 is 18.1. The van der Waals surface area contributed by atoms with E-state index >= 15 is 0 Å². The largest absolute Gasteiger partial charge is 0.384 e. The van der Waals surface area contributed by atoms with E-state index in [1.54, 1.807) is 7.11 Å². The molecule has 25 heavy (non-hydrogen) atoms. The Labute approximate surface area is 147 Å². The van der Waals surface area contributed by atoms with Gasteiger partial charge in [-0.15, -0.1) is 0 Å². The van der Waals surface area contributed by atoms with Crippen molar-refractivity contribution in [1.82, 2.24) is 4.90 Å². The first-order valence-corrected chi connectivity index (χ1v) is 8.40. The first-order valence-electron chi connectivity index (χ1n) is 8.40. The van der Waals surface area contributed by atoms with Crippen molar-refractivity contribution in [3.8, 4) is 0 Å². The summed E-state index contributed by atoms with van der Waals surface area (Å²) in [5.74, 6) is -0.113. The molecule has 0 aromatic heterocycles. The van der Waals surface area contributed by atoms with Crippen LogP contribution in [0.3, 0.4) is 0 Å². The number of rotatable bonds is 7. The lowest BCUT2D eigenvalue weighted by atomic mass is 9.92. The number of methoxy groups -OCH3 is 1. The van der Waals surface area contributed by atoms with Crippen LogP contribution < -0.4 is 5.73 Å². The summed E-state index contributed by atoms with van der Waals surface area (Å²) in [6.07, 6.45) is 0. The van der Waals surface area contributed by atoms with Gasteiger partial charge in [0.2, 0.25) is 0 Å². The molecule has 2 N–H and O–H groups in total. The number of hydrogen-bond donors (Lipinski definition) is 1. The fourth-order valence-corrected chi connectivity index (χ4v) is 3.29. The number of benzene rings is 2. The van der Waals surface area contributed by atoms with E-state index in [0.29, 0.717) is 19.7 Å². The molecule has 1 heterocycles. The van der Waals surface area contributed by atoms with Gasteiger partial charge in [0.05, 0.1) is 6.61 Å². The van der Waals surface area contributed by atoms with Gasteiger partial charge in [0.25, 0.3) is 5.91 Å². The number of carbonyl (C=O) groups is 1. The van der Waals surface area contributed by atoms with Gasteiger partial charge in [-0.3, -0.25) is 4.79 Å². The third-order valence-corrected chi connectivity index (χ3v) is 4.72. The topological polar surface area (TPSA) is 55.6 Å². The molecule has 4 nitrogen and oxygen atoms in total. The lowest BCUT2D eigenvalue weighted by Gasteiger charge is -2.22. The van der Waals surface area contributed by atoms with E-state index in [1.165, 1.54) is 0 Å². The molecule has 0 radical (unpaired) electrons. The van der Waals surface area contributed by atoms with Gasteiger partial charge in [0.1, 0.15) is 6.67 Å². The molecule has 0 aliphatic carbocycles. The fraction of sp³-hybridized carbons (Fsp3) is 0.350. The van der Waals surface area contributed by atoms with Crippen LogP contribution in [0.4, 0.5) is 4.39 Å². The standard InChI is InChI=1S/C20H23FN2O2/c1-25-13-18(19(22)10-21)15-8-6-14(7-9-15)11-23-12-16-4-2-3-5-17(16)20(23)24/h2-9,18-19H,10-13,22H2,1H3/t18?,19-/m1/s1. The zero-order chi connectivity index (χ0) is 17.8. The molecule has 1 aliphatic rings. The van der Waals surface area contributed by atoms with E-state index in [1.807, 2.05) is 53.4 Å². The van der Waals surface area contributed by atoms with Crippen molar-refractivity contribution in [3.05, 3.63) is 70.8 Å². The molecule has 5 heteroatoms. The predicted octanol–water partition coefficient (Wildman–Crippen LogP) is 2.87. The Morgan fingerprint density at radius 2 is 1.92 bits per heavy atom. The van der Waals surface area contributed by atoms with Crippen molar-refractivity contribution < 1.29 is 13.9 Å². The van der Waals surface area contributed by atoms with Gasteiger partial charge in [-0.05, 0) is 22.8 Å². The quantitative estimate of drug-likeness (QED) is 0.842. The Morgan fingerprint density at radius 1 is 1.20 bits per heavy atom. The van der Waals surface area contributed by atoms with Crippen LogP contribution in [0.2, 0.25) is 0 Å². The van der Waals surface area contributed by atoms with Crippen molar-refractivity contribution >= 4 is 5.91 Å². The van der Waals surface area contributed by atoms with Gasteiger partial charge in [0, 0.05) is 37.7 Å². The van der Waals surface area contributed by atoms with Crippen molar-refractivity contribution in [2.45, 2.75) is 25.0 Å². The van der Waals surface area contributed by atoms with Gasteiger partial charge in [-0.2, -0.15) is 0 Å². The minimum atomic E-state index is -0.587. The summed E-state index contributed by atoms with van der Waals surface area (Å²) in [5, 5.41) is 0. The first kappa shape index (κ1) is 17.6. The number of nitrogens with zero attached hydrogens (tertiary/aromatic N) is 1. The van der Waals surface area contributed by atoms with Crippen LogP contribution in [0, 0.1) is 0 Å². The Kier molecular flexibility index (Phi) is 5.46. The number of alkyl halides is 1. The van der Waals surface area contributed by atoms with Crippen molar-refractivity contribution in [1.29, 1.82) is 0 Å². The molecule has 0 spiro atoms. The third kappa shape index (κ3) is 3.72. The van der Waals surface area contributed by atoms with Crippen molar-refractivity contribution in [3.63, 3.8) is 0 Å². The van der Waals surface area contributed by atoms with Crippen LogP contribution in [0.15, 0.2) is 48.5 Å². The van der Waals surface area contributed by atoms with Crippen molar-refractivity contribution in [2.75, 3.05) is 20.4 Å². The highest BCUT2D eigenvalue weighted by molar-refractivity contribution is 5.98. The molecule has 2 aromatic carbocycles. The highest BCUT2D eigenvalue weighted by Gasteiger charge is 2.26. The number of hydrogen-bond acceptors (Lipinski definition) is 3. The summed E-state index contributed by atoms with van der Waals surface area (Å²) in [7, 11) is 1.59. The molecule has 132 valence electrons. The maximum absolute atomic E-state index is 12.9. The molecule has 1 unspecified atom stereocenters. The maximum atomic E-state index is 12.9. The SMILES string of the molecule is COCC(c1ccc(CN2Cc3ccccc3C2=O)cc1)[C@H](N)CF. The van der Waals surface area contributed by atoms with Gasteiger partial charge >= 0.3 is 0 Å². The average molecular weight is 342 g/mol. The lowest BCUT2D eigenvalue weighted by molar-refractivity contribution is 0.0766. The van der Waals surface area contributed by atoms with Gasteiger partial charge in [0.15, 0.2) is 0 Å². The number of halogens is 1. The van der Waals surface area contributed by atoms with Gasteiger partial charge in [-0.1, -0.05) is 42.5 Å². The minimum absolute atomic E-state index is 0.0661. The molecule has 1 aliphatic heterocycles. The Morgan fingerprint density at radius 3 is 2.56 bits per heavy atom. The molecule has 0 saturated heterocycles. The molecule has 2 atom stereocenters. The van der Waals surface area contributed by atoms with Crippen molar-refractivity contribution in [2.24, 2.45) is 5.73 Å². The second-order valence-electron chi connectivity index (χ2n) is 6.44. The van der Waals surface area contributed by atoms with Crippen LogP contribution >= 0.6 is 0 Å². The highest BCUT2D eigenvalue weighted by atomic mass is 19.1. The lowest BCUT2D eigenvalue weighted by Crippen LogP contribution is -2.33. The summed E-state index contributed by atoms with van der Waals surface area (Å²) in [5.41, 5.74) is 9.71. The average Bonchev–Trinajstić information content (AvgIpc) is 2.96. The van der Waals surface area contributed by atoms with Crippen LogP contribution in [0.5, 0.6) is 0 Å². The second-order valence-corrected chi connectivity index (χ2v) is 6.44. The summed E-state index contributed by atoms with van der Waals surface area (Å²) in [6, 6.07) is 15.0. The van der Waals surface area contributed by atoms with E-state index in [0.717, 1.165) is 22.3 Å². The molecule has 2 aromatic rings. The van der Waals surface area contributed by atoms with Gasteiger partial charge < -0.3 is 15.4 Å². The molecule has 0 bridgehead atoms. The van der Waals surface area contributed by atoms with E-state index in [-0.39, 0.29) is 11.8 Å². The van der Waals surface area contributed by atoms with Crippen LogP contribution in [-0.2, 0) is 17.8 Å². The Balaban J connectivity index is 1.70. The number of nitrogens with two attached hydrogens (primary N) is 1. The molecular formula is C20H23FN2O2. The summed E-state index contributed by atoms with van der Waals surface area (Å²) >= 11 is 0. The van der Waals surface area contributed by atoms with Crippen LogP contribution in [0.25, 0.3) is 0 Å². The zero-order valence-corrected chi connectivity index (χ0v) is 14.3. The summed E-state index contributed by atoms with van der Waals surface area (Å²) in [6.45, 7) is 0.981. The minimum Gasteiger partial charge on any atom is -0.384 e. The second kappa shape index (κ2) is 7.76. The fourth-order valence-electron chi connectivity index (χ4n) is 3.29. The molecule has 0 fully saturated rings. The summed E-state index contributed by atoms with van der Waals surface area (Å²) in [4.78, 5) is 14.3. The highest BCUT2D eigenvalue weighted by Crippen LogP contribution is 2.25. The normalized spacial score (nSPS) is 16.0. The third-order valence-electron chi connectivity index (χ3n) is 4.72. The number of ether oxygens (including phenoxy) is 1. The smallest absolute Gasteiger partial charge is 0.254 e. The Bertz CT molecular complexity index is 733. The number of carbonyl (C=O) groups excluding carboxylic acids is 1. The van der Waals surface area contributed by atoms with E-state index in [9.17, 15) is 9.18 Å². The Hall–Kier alpha value is -2.24. The zero-order valence-electron chi connectivity index (χ0n) is 14.3.